The van der Waals surface area contributed by atoms with Crippen molar-refractivity contribution in [2.24, 2.45) is 7.05 Å². The molecule has 0 aliphatic carbocycles. The van der Waals surface area contributed by atoms with E-state index in [1.807, 2.05) is 36.1 Å². The Bertz CT molecular complexity index is 795. The fourth-order valence-electron chi connectivity index (χ4n) is 2.05. The topological polar surface area (TPSA) is 84.8 Å². The maximum atomic E-state index is 10.6. The van der Waals surface area contributed by atoms with Crippen molar-refractivity contribution < 1.29 is 14.5 Å². The van der Waals surface area contributed by atoms with Crippen molar-refractivity contribution in [3.05, 3.63) is 36.9 Å². The smallest absolute Gasteiger partial charge is 0.309 e. The fraction of sp³-hybridized carbons (Fsp3) is 0.214. The zero-order valence-electron chi connectivity index (χ0n) is 11.5. The van der Waals surface area contributed by atoms with Crippen molar-refractivity contribution in [1.82, 2.24) is 19.7 Å². The second-order valence-electron chi connectivity index (χ2n) is 4.70. The van der Waals surface area contributed by atoms with Crippen LogP contribution in [0, 0.1) is 0 Å². The van der Waals surface area contributed by atoms with Gasteiger partial charge >= 0.3 is 5.97 Å². The molecule has 3 aromatic heterocycles. The van der Waals surface area contributed by atoms with E-state index in [9.17, 15) is 4.79 Å². The van der Waals surface area contributed by atoms with Gasteiger partial charge in [0.05, 0.1) is 18.1 Å². The molecule has 0 fully saturated rings. The number of rotatable bonds is 4. The van der Waals surface area contributed by atoms with Crippen LogP contribution in [0.25, 0.3) is 22.4 Å². The number of hydrogen-bond acceptors (Lipinski definition) is 4. The summed E-state index contributed by atoms with van der Waals surface area (Å²) in [6.45, 7) is 0.446. The third kappa shape index (κ3) is 2.71. The molecule has 0 aliphatic rings. The summed E-state index contributed by atoms with van der Waals surface area (Å²) < 4.78 is 3.51. The lowest BCUT2D eigenvalue weighted by molar-refractivity contribution is -0.695. The first kappa shape index (κ1) is 13.2. The monoisotopic (exact) mass is 284 g/mol. The Morgan fingerprint density at radius 2 is 2.10 bits per heavy atom. The van der Waals surface area contributed by atoms with Gasteiger partial charge in [-0.05, 0) is 0 Å². The number of aryl methyl sites for hydroxylation is 2. The molecule has 21 heavy (non-hydrogen) atoms. The van der Waals surface area contributed by atoms with Gasteiger partial charge < -0.3 is 5.11 Å². The van der Waals surface area contributed by atoms with Gasteiger partial charge in [-0.1, -0.05) is 0 Å². The predicted octanol–water partition coefficient (Wildman–Crippen LogP) is 0.792. The minimum Gasteiger partial charge on any atom is -0.481 e. The van der Waals surface area contributed by atoms with E-state index in [-0.39, 0.29) is 6.42 Å². The molecule has 0 atom stereocenters. The number of hydrogen-bond donors (Lipinski definition) is 1. The van der Waals surface area contributed by atoms with Gasteiger partial charge in [-0.15, -0.1) is 0 Å². The summed E-state index contributed by atoms with van der Waals surface area (Å²) in [7, 11) is 1.83. The highest BCUT2D eigenvalue weighted by atomic mass is 16.4. The standard InChI is InChI=1S/C14H13N5O2/c1-18-14-12(9-16-18)15-8-11(17-14)10-2-5-19(6-3-10)7-4-13(20)21/h2-3,5-6,8-9H,4,7H2,1H3/p+1. The van der Waals surface area contributed by atoms with Crippen LogP contribution in [0.4, 0.5) is 0 Å². The van der Waals surface area contributed by atoms with Crippen LogP contribution in [0.3, 0.4) is 0 Å². The van der Waals surface area contributed by atoms with E-state index < -0.39 is 5.97 Å². The van der Waals surface area contributed by atoms with E-state index in [0.717, 1.165) is 22.4 Å². The van der Waals surface area contributed by atoms with Crippen molar-refractivity contribution in [3.8, 4) is 11.3 Å². The van der Waals surface area contributed by atoms with Crippen LogP contribution < -0.4 is 4.57 Å². The van der Waals surface area contributed by atoms with Gasteiger partial charge in [0.2, 0.25) is 0 Å². The zero-order chi connectivity index (χ0) is 14.8. The molecule has 0 radical (unpaired) electrons. The van der Waals surface area contributed by atoms with E-state index in [0.29, 0.717) is 6.54 Å². The van der Waals surface area contributed by atoms with Crippen molar-refractivity contribution in [2.45, 2.75) is 13.0 Å². The third-order valence-corrected chi connectivity index (χ3v) is 3.21. The summed E-state index contributed by atoms with van der Waals surface area (Å²) >= 11 is 0. The van der Waals surface area contributed by atoms with E-state index in [2.05, 4.69) is 15.1 Å². The maximum Gasteiger partial charge on any atom is 0.309 e. The van der Waals surface area contributed by atoms with Gasteiger partial charge in [0.25, 0.3) is 0 Å². The summed E-state index contributed by atoms with van der Waals surface area (Å²) in [6, 6.07) is 3.79. The molecule has 0 aromatic carbocycles. The molecule has 7 nitrogen and oxygen atoms in total. The highest BCUT2D eigenvalue weighted by Gasteiger charge is 2.09. The molecule has 0 saturated heterocycles. The van der Waals surface area contributed by atoms with E-state index in [1.54, 1.807) is 17.1 Å². The molecule has 3 heterocycles. The lowest BCUT2D eigenvalue weighted by atomic mass is 10.2. The quantitative estimate of drug-likeness (QED) is 0.716. The second-order valence-corrected chi connectivity index (χ2v) is 4.70. The van der Waals surface area contributed by atoms with Gasteiger partial charge in [0, 0.05) is 24.7 Å². The minimum absolute atomic E-state index is 0.102. The van der Waals surface area contributed by atoms with Gasteiger partial charge in [-0.3, -0.25) is 4.79 Å². The van der Waals surface area contributed by atoms with Crippen molar-refractivity contribution in [2.75, 3.05) is 0 Å². The highest BCUT2D eigenvalue weighted by molar-refractivity contribution is 5.73. The van der Waals surface area contributed by atoms with Crippen molar-refractivity contribution in [1.29, 1.82) is 0 Å². The van der Waals surface area contributed by atoms with Crippen molar-refractivity contribution in [3.63, 3.8) is 0 Å². The first-order chi connectivity index (χ1) is 10.1. The Kier molecular flexibility index (Phi) is 3.31. The van der Waals surface area contributed by atoms with Crippen molar-refractivity contribution >= 4 is 17.1 Å². The van der Waals surface area contributed by atoms with Crippen LogP contribution >= 0.6 is 0 Å². The molecular formula is C14H14N5O2+. The fourth-order valence-corrected chi connectivity index (χ4v) is 2.05. The number of fused-ring (bicyclic) bond motifs is 1. The highest BCUT2D eigenvalue weighted by Crippen LogP contribution is 2.17. The Labute approximate surface area is 120 Å². The van der Waals surface area contributed by atoms with Crippen LogP contribution in [0.1, 0.15) is 6.42 Å². The predicted molar refractivity (Wildman–Crippen MR) is 74.2 cm³/mol. The Hall–Kier alpha value is -2.83. The normalized spacial score (nSPS) is 10.9. The summed E-state index contributed by atoms with van der Waals surface area (Å²) in [4.78, 5) is 19.4. The molecule has 3 rings (SSSR count). The van der Waals surface area contributed by atoms with E-state index in [4.69, 9.17) is 5.11 Å². The van der Waals surface area contributed by atoms with Gasteiger partial charge in [0.15, 0.2) is 24.6 Å². The average Bonchev–Trinajstić information content (AvgIpc) is 2.87. The average molecular weight is 284 g/mol. The third-order valence-electron chi connectivity index (χ3n) is 3.21. The summed E-state index contributed by atoms with van der Waals surface area (Å²) in [5.74, 6) is -0.806. The van der Waals surface area contributed by atoms with E-state index in [1.165, 1.54) is 0 Å². The number of pyridine rings is 1. The molecule has 106 valence electrons. The summed E-state index contributed by atoms with van der Waals surface area (Å²) in [5.41, 5.74) is 3.18. The molecule has 7 heteroatoms. The maximum absolute atomic E-state index is 10.6. The lowest BCUT2D eigenvalue weighted by Gasteiger charge is -2.01. The number of carboxylic acids is 1. The molecule has 3 aromatic rings. The van der Waals surface area contributed by atoms with Crippen LogP contribution in [0.2, 0.25) is 0 Å². The first-order valence-corrected chi connectivity index (χ1v) is 6.49. The molecule has 0 saturated carbocycles. The lowest BCUT2D eigenvalue weighted by Crippen LogP contribution is -2.33. The van der Waals surface area contributed by atoms with Crippen LogP contribution in [-0.2, 0) is 18.4 Å². The number of aliphatic carboxylic acids is 1. The Morgan fingerprint density at radius 3 is 2.81 bits per heavy atom. The SMILES string of the molecule is Cn1ncc2ncc(-c3cc[n+](CCC(=O)O)cc3)nc21. The molecule has 0 aliphatic heterocycles. The van der Waals surface area contributed by atoms with Gasteiger partial charge in [-0.25, -0.2) is 19.2 Å². The zero-order valence-corrected chi connectivity index (χ0v) is 11.5. The van der Waals surface area contributed by atoms with E-state index >= 15 is 0 Å². The molecule has 0 unspecified atom stereocenters. The summed E-state index contributed by atoms with van der Waals surface area (Å²) in [6.07, 6.45) is 7.17. The van der Waals surface area contributed by atoms with Gasteiger partial charge in [-0.2, -0.15) is 5.10 Å². The van der Waals surface area contributed by atoms with Crippen LogP contribution in [0.15, 0.2) is 36.9 Å². The first-order valence-electron chi connectivity index (χ1n) is 6.49. The molecule has 0 spiro atoms. The largest absolute Gasteiger partial charge is 0.481 e. The van der Waals surface area contributed by atoms with Crippen LogP contribution in [0.5, 0.6) is 0 Å². The number of carbonyl (C=O) groups is 1. The molecule has 1 N–H and O–H groups in total. The number of carboxylic acid groups (broad SMARTS) is 1. The molecule has 0 amide bonds. The molecule has 0 bridgehead atoms. The number of nitrogens with zero attached hydrogens (tertiary/aromatic N) is 5. The van der Waals surface area contributed by atoms with Crippen LogP contribution in [-0.4, -0.2) is 30.8 Å². The number of aromatic nitrogens is 5. The second kappa shape index (κ2) is 5.28. The Morgan fingerprint density at radius 1 is 1.33 bits per heavy atom. The molecular weight excluding hydrogens is 270 g/mol. The minimum atomic E-state index is -0.806. The Balaban J connectivity index is 1.87. The summed E-state index contributed by atoms with van der Waals surface area (Å²) in [5, 5.41) is 12.8. The van der Waals surface area contributed by atoms with Gasteiger partial charge in [0.1, 0.15) is 11.9 Å².